The van der Waals surface area contributed by atoms with E-state index in [2.05, 4.69) is 0 Å². The molecule has 0 spiro atoms. The van der Waals surface area contributed by atoms with Crippen LogP contribution in [0.2, 0.25) is 0 Å². The van der Waals surface area contributed by atoms with Crippen LogP contribution < -0.4 is 5.32 Å². The number of carbonyl (C=O) groups is 6. The minimum absolute atomic E-state index is 0.370. The second-order valence-corrected chi connectivity index (χ2v) is 4.89. The van der Waals surface area contributed by atoms with Gasteiger partial charge in [-0.1, -0.05) is 0 Å². The first-order chi connectivity index (χ1) is 11.0. The molecule has 134 valence electrons. The molecule has 11 heteroatoms. The van der Waals surface area contributed by atoms with Gasteiger partial charge in [0.2, 0.25) is 5.78 Å². The summed E-state index contributed by atoms with van der Waals surface area (Å²) in [5.41, 5.74) is 0. The first-order valence-electron chi connectivity index (χ1n) is 6.77. The molecule has 0 aromatic carbocycles. The molecular weight excluding hydrogens is 330 g/mol. The predicted octanol–water partition coefficient (Wildman–Crippen LogP) is -1.05. The Balaban J connectivity index is 4.72. The number of carboxylic acid groups (broad SMARTS) is 4. The molecule has 0 heterocycles. The zero-order valence-electron chi connectivity index (χ0n) is 12.4. The van der Waals surface area contributed by atoms with Crippen LogP contribution in [0.1, 0.15) is 32.1 Å². The van der Waals surface area contributed by atoms with Crippen LogP contribution in [0.15, 0.2) is 0 Å². The Morgan fingerprint density at radius 2 is 1.25 bits per heavy atom. The maximum absolute atomic E-state index is 11.7. The van der Waals surface area contributed by atoms with E-state index < -0.39 is 73.2 Å². The molecule has 0 aliphatic carbocycles. The number of Topliss-reactive ketones (excluding diaryl/α,β-unsaturated/α-hetero) is 1. The molecule has 1 amide bonds. The Bertz CT molecular complexity index is 493. The highest BCUT2D eigenvalue weighted by atomic mass is 16.4. The molecule has 24 heavy (non-hydrogen) atoms. The molecule has 0 rings (SSSR count). The highest BCUT2D eigenvalue weighted by molar-refractivity contribution is 6.36. The lowest BCUT2D eigenvalue weighted by Gasteiger charge is -2.14. The summed E-state index contributed by atoms with van der Waals surface area (Å²) in [6.45, 7) is 0. The summed E-state index contributed by atoms with van der Waals surface area (Å²) in [6.07, 6.45) is -2.68. The van der Waals surface area contributed by atoms with Gasteiger partial charge in [0.1, 0.15) is 6.04 Å². The van der Waals surface area contributed by atoms with E-state index in [1.165, 1.54) is 0 Å². The van der Waals surface area contributed by atoms with E-state index in [0.29, 0.717) is 0 Å². The highest BCUT2D eigenvalue weighted by Gasteiger charge is 2.28. The van der Waals surface area contributed by atoms with Gasteiger partial charge < -0.3 is 25.7 Å². The van der Waals surface area contributed by atoms with Crippen molar-refractivity contribution in [3.63, 3.8) is 0 Å². The summed E-state index contributed by atoms with van der Waals surface area (Å²) in [5.74, 6) is -9.55. The average molecular weight is 347 g/mol. The molecular formula is C13H17NO10. The molecule has 0 fully saturated rings. The first kappa shape index (κ1) is 21.0. The van der Waals surface area contributed by atoms with Gasteiger partial charge in [-0.15, -0.1) is 0 Å². The van der Waals surface area contributed by atoms with Gasteiger partial charge >= 0.3 is 23.9 Å². The Hall–Kier alpha value is -2.98. The Morgan fingerprint density at radius 1 is 0.750 bits per heavy atom. The van der Waals surface area contributed by atoms with Crippen LogP contribution in [0.5, 0.6) is 0 Å². The lowest BCUT2D eigenvalue weighted by atomic mass is 9.96. The molecule has 2 atom stereocenters. The minimum atomic E-state index is -1.61. The molecule has 0 saturated heterocycles. The Labute approximate surface area is 135 Å². The SMILES string of the molecule is O=C(O)CCC(CC(=O)C(=O)NC(CCC(=O)O)C(=O)O)C(=O)O. The zero-order valence-corrected chi connectivity index (χ0v) is 12.4. The largest absolute Gasteiger partial charge is 0.481 e. The predicted molar refractivity (Wildman–Crippen MR) is 74.1 cm³/mol. The number of aliphatic carboxylic acids is 4. The topological polar surface area (TPSA) is 195 Å². The van der Waals surface area contributed by atoms with E-state index in [1.54, 1.807) is 0 Å². The van der Waals surface area contributed by atoms with Crippen molar-refractivity contribution in [3.05, 3.63) is 0 Å². The Morgan fingerprint density at radius 3 is 1.67 bits per heavy atom. The quantitative estimate of drug-likeness (QED) is 0.271. The number of nitrogens with one attached hydrogen (secondary N) is 1. The van der Waals surface area contributed by atoms with E-state index in [0.717, 1.165) is 0 Å². The lowest BCUT2D eigenvalue weighted by Crippen LogP contribution is -2.44. The van der Waals surface area contributed by atoms with Crippen LogP contribution >= 0.6 is 0 Å². The molecule has 0 bridgehead atoms. The van der Waals surface area contributed by atoms with E-state index in [9.17, 15) is 28.8 Å². The maximum atomic E-state index is 11.7. The van der Waals surface area contributed by atoms with Gasteiger partial charge in [-0.25, -0.2) is 4.79 Å². The van der Waals surface area contributed by atoms with Gasteiger partial charge in [-0.05, 0) is 12.8 Å². The van der Waals surface area contributed by atoms with Gasteiger partial charge in [-0.2, -0.15) is 0 Å². The molecule has 2 unspecified atom stereocenters. The monoisotopic (exact) mass is 347 g/mol. The minimum Gasteiger partial charge on any atom is -0.481 e. The van der Waals surface area contributed by atoms with Gasteiger partial charge in [-0.3, -0.25) is 24.0 Å². The van der Waals surface area contributed by atoms with Crippen LogP contribution in [-0.2, 0) is 28.8 Å². The van der Waals surface area contributed by atoms with E-state index >= 15 is 0 Å². The lowest BCUT2D eigenvalue weighted by molar-refractivity contribution is -0.148. The summed E-state index contributed by atoms with van der Waals surface area (Å²) in [5, 5.41) is 36.6. The van der Waals surface area contributed by atoms with E-state index in [1.807, 2.05) is 5.32 Å². The number of amides is 1. The molecule has 0 aliphatic heterocycles. The maximum Gasteiger partial charge on any atom is 0.326 e. The Kier molecular flexibility index (Phi) is 8.69. The highest BCUT2D eigenvalue weighted by Crippen LogP contribution is 2.13. The summed E-state index contributed by atoms with van der Waals surface area (Å²) >= 11 is 0. The normalized spacial score (nSPS) is 12.7. The molecule has 0 aromatic rings. The van der Waals surface area contributed by atoms with Crippen molar-refractivity contribution in [3.8, 4) is 0 Å². The number of hydrogen-bond donors (Lipinski definition) is 5. The van der Waals surface area contributed by atoms with Gasteiger partial charge in [0.05, 0.1) is 5.92 Å². The number of hydrogen-bond acceptors (Lipinski definition) is 6. The van der Waals surface area contributed by atoms with Crippen LogP contribution in [0, 0.1) is 5.92 Å². The molecule has 0 radical (unpaired) electrons. The molecule has 11 nitrogen and oxygen atoms in total. The molecule has 0 aromatic heterocycles. The van der Waals surface area contributed by atoms with Gasteiger partial charge in [0.25, 0.3) is 5.91 Å². The fourth-order valence-corrected chi connectivity index (χ4v) is 1.69. The van der Waals surface area contributed by atoms with Crippen molar-refractivity contribution in [1.29, 1.82) is 0 Å². The van der Waals surface area contributed by atoms with Crippen molar-refractivity contribution in [2.45, 2.75) is 38.1 Å². The van der Waals surface area contributed by atoms with Crippen LogP contribution in [-0.4, -0.2) is 62.0 Å². The molecule has 0 saturated carbocycles. The number of rotatable bonds is 12. The van der Waals surface area contributed by atoms with Crippen molar-refractivity contribution in [2.24, 2.45) is 5.92 Å². The molecule has 5 N–H and O–H groups in total. The van der Waals surface area contributed by atoms with Crippen molar-refractivity contribution >= 4 is 35.6 Å². The average Bonchev–Trinajstić information content (AvgIpc) is 2.45. The third kappa shape index (κ3) is 8.46. The van der Waals surface area contributed by atoms with E-state index in [4.69, 9.17) is 20.4 Å². The second kappa shape index (κ2) is 9.92. The number of ketones is 1. The summed E-state index contributed by atoms with van der Waals surface area (Å²) in [6, 6.07) is -1.61. The van der Waals surface area contributed by atoms with Gasteiger partial charge in [0.15, 0.2) is 0 Å². The van der Waals surface area contributed by atoms with Crippen LogP contribution in [0.4, 0.5) is 0 Å². The smallest absolute Gasteiger partial charge is 0.326 e. The zero-order chi connectivity index (χ0) is 18.9. The standard InChI is InChI=1S/C13H17NO10/c15-8(5-6(12(21)22)1-3-9(16)17)11(20)14-7(13(23)24)2-4-10(18)19/h6-7H,1-5H2,(H,14,20)(H,16,17)(H,18,19)(H,21,22)(H,23,24). The second-order valence-electron chi connectivity index (χ2n) is 4.89. The molecule has 0 aliphatic rings. The van der Waals surface area contributed by atoms with Gasteiger partial charge in [0, 0.05) is 19.3 Å². The number of carbonyl (C=O) groups excluding carboxylic acids is 2. The van der Waals surface area contributed by atoms with Crippen LogP contribution in [0.3, 0.4) is 0 Å². The summed E-state index contributed by atoms with van der Waals surface area (Å²) in [4.78, 5) is 66.0. The summed E-state index contributed by atoms with van der Waals surface area (Å²) < 4.78 is 0. The summed E-state index contributed by atoms with van der Waals surface area (Å²) in [7, 11) is 0. The fraction of sp³-hybridized carbons (Fsp3) is 0.538. The fourth-order valence-electron chi connectivity index (χ4n) is 1.69. The van der Waals surface area contributed by atoms with Crippen LogP contribution in [0.25, 0.3) is 0 Å². The van der Waals surface area contributed by atoms with E-state index in [-0.39, 0.29) is 6.42 Å². The van der Waals surface area contributed by atoms with Crippen molar-refractivity contribution in [2.75, 3.05) is 0 Å². The number of carboxylic acids is 4. The first-order valence-corrected chi connectivity index (χ1v) is 6.77. The third-order valence-electron chi connectivity index (χ3n) is 2.99. The van der Waals surface area contributed by atoms with Crippen molar-refractivity contribution < 1.29 is 49.2 Å². The van der Waals surface area contributed by atoms with Crippen molar-refractivity contribution in [1.82, 2.24) is 5.32 Å². The third-order valence-corrected chi connectivity index (χ3v) is 2.99.